The standard InChI is InChI=1S/C12H24N2/c1-4-6-9-14(10-7-5-2)11-8-13(3)12-14/h8,11H,1,4-7,9-10,12H2,2-3H3/q+1. The van der Waals surface area contributed by atoms with Crippen LogP contribution in [0.1, 0.15) is 32.6 Å². The first-order chi connectivity index (χ1) is 6.72. The van der Waals surface area contributed by atoms with E-state index >= 15 is 0 Å². The summed E-state index contributed by atoms with van der Waals surface area (Å²) in [6.45, 7) is 9.89. The first-order valence-corrected chi connectivity index (χ1v) is 5.77. The summed E-state index contributed by atoms with van der Waals surface area (Å²) in [6, 6.07) is 0. The maximum atomic E-state index is 3.93. The van der Waals surface area contributed by atoms with Gasteiger partial charge in [-0.1, -0.05) is 20.3 Å². The molecule has 0 spiro atoms. The lowest BCUT2D eigenvalue weighted by molar-refractivity contribution is -0.881. The van der Waals surface area contributed by atoms with Crippen LogP contribution < -0.4 is 0 Å². The maximum absolute atomic E-state index is 3.93. The lowest BCUT2D eigenvalue weighted by atomic mass is 10.2. The van der Waals surface area contributed by atoms with Crippen molar-refractivity contribution < 1.29 is 4.48 Å². The van der Waals surface area contributed by atoms with Crippen molar-refractivity contribution in [2.75, 3.05) is 26.8 Å². The van der Waals surface area contributed by atoms with Gasteiger partial charge in [0.15, 0.2) is 6.67 Å². The van der Waals surface area contributed by atoms with E-state index in [1.165, 1.54) is 32.4 Å². The van der Waals surface area contributed by atoms with Crippen LogP contribution in [-0.2, 0) is 0 Å². The summed E-state index contributed by atoms with van der Waals surface area (Å²) in [5, 5.41) is 0. The monoisotopic (exact) mass is 196 g/mol. The smallest absolute Gasteiger partial charge is 0.158 e. The molecule has 0 amide bonds. The summed E-state index contributed by atoms with van der Waals surface area (Å²) in [4.78, 5) is 2.29. The predicted molar refractivity (Wildman–Crippen MR) is 61.3 cm³/mol. The normalized spacial score (nSPS) is 19.2. The fourth-order valence-corrected chi connectivity index (χ4v) is 2.10. The Balaban J connectivity index is 2.47. The Bertz CT molecular complexity index is 179. The van der Waals surface area contributed by atoms with Crippen LogP contribution in [0.2, 0.25) is 0 Å². The van der Waals surface area contributed by atoms with Crippen LogP contribution in [0.4, 0.5) is 0 Å². The molecule has 1 unspecified atom stereocenters. The number of quaternary nitrogens is 1. The molecule has 0 fully saturated rings. The molecule has 14 heavy (non-hydrogen) atoms. The summed E-state index contributed by atoms with van der Waals surface area (Å²) < 4.78 is 1.15. The molecule has 0 aromatic rings. The molecule has 0 saturated heterocycles. The fourth-order valence-electron chi connectivity index (χ4n) is 2.10. The maximum Gasteiger partial charge on any atom is 0.158 e. The van der Waals surface area contributed by atoms with Gasteiger partial charge in [0, 0.05) is 7.05 Å². The first-order valence-electron chi connectivity index (χ1n) is 5.77. The fraction of sp³-hybridized carbons (Fsp3) is 0.750. The van der Waals surface area contributed by atoms with Crippen LogP contribution in [0.15, 0.2) is 12.4 Å². The summed E-state index contributed by atoms with van der Waals surface area (Å²) in [7, 11) is 2.16. The zero-order valence-corrected chi connectivity index (χ0v) is 9.71. The highest BCUT2D eigenvalue weighted by Crippen LogP contribution is 2.19. The highest BCUT2D eigenvalue weighted by atomic mass is 15.5. The third-order valence-electron chi connectivity index (χ3n) is 2.95. The molecule has 0 bridgehead atoms. The average Bonchev–Trinajstić information content (AvgIpc) is 2.55. The van der Waals surface area contributed by atoms with Crippen molar-refractivity contribution in [2.24, 2.45) is 0 Å². The van der Waals surface area contributed by atoms with Gasteiger partial charge in [-0.3, -0.25) is 4.48 Å². The van der Waals surface area contributed by atoms with Crippen molar-refractivity contribution in [3.05, 3.63) is 19.3 Å². The van der Waals surface area contributed by atoms with Crippen molar-refractivity contribution in [1.82, 2.24) is 4.90 Å². The molecular weight excluding hydrogens is 172 g/mol. The lowest BCUT2D eigenvalue weighted by Crippen LogP contribution is -2.45. The minimum Gasteiger partial charge on any atom is -0.329 e. The summed E-state index contributed by atoms with van der Waals surface area (Å²) in [5.41, 5.74) is 0. The van der Waals surface area contributed by atoms with Crippen LogP contribution in [0, 0.1) is 6.92 Å². The number of hydrogen-bond acceptors (Lipinski definition) is 1. The second kappa shape index (κ2) is 5.40. The van der Waals surface area contributed by atoms with Crippen molar-refractivity contribution in [3.8, 4) is 0 Å². The van der Waals surface area contributed by atoms with E-state index in [0.717, 1.165) is 17.6 Å². The van der Waals surface area contributed by atoms with Gasteiger partial charge >= 0.3 is 0 Å². The van der Waals surface area contributed by atoms with Gasteiger partial charge in [-0.2, -0.15) is 0 Å². The van der Waals surface area contributed by atoms with E-state index in [2.05, 4.69) is 38.2 Å². The van der Waals surface area contributed by atoms with E-state index in [-0.39, 0.29) is 0 Å². The van der Waals surface area contributed by atoms with Gasteiger partial charge in [-0.15, -0.1) is 0 Å². The van der Waals surface area contributed by atoms with E-state index < -0.39 is 0 Å². The first kappa shape index (κ1) is 11.6. The highest BCUT2D eigenvalue weighted by Gasteiger charge is 2.29. The Morgan fingerprint density at radius 1 is 1.36 bits per heavy atom. The lowest BCUT2D eigenvalue weighted by Gasteiger charge is -2.32. The Labute approximate surface area is 88.8 Å². The van der Waals surface area contributed by atoms with Crippen molar-refractivity contribution in [1.29, 1.82) is 0 Å². The number of hydrogen-bond donors (Lipinski definition) is 0. The Morgan fingerprint density at radius 2 is 2.07 bits per heavy atom. The van der Waals surface area contributed by atoms with Crippen LogP contribution >= 0.6 is 0 Å². The van der Waals surface area contributed by atoms with Crippen LogP contribution in [-0.4, -0.2) is 36.2 Å². The average molecular weight is 196 g/mol. The third kappa shape index (κ3) is 3.02. The minimum absolute atomic E-state index is 1.06. The highest BCUT2D eigenvalue weighted by molar-refractivity contribution is 4.79. The zero-order valence-electron chi connectivity index (χ0n) is 9.71. The number of unbranched alkanes of at least 4 members (excludes halogenated alkanes) is 2. The summed E-state index contributed by atoms with van der Waals surface area (Å²) in [5.74, 6) is 0. The molecule has 0 N–H and O–H groups in total. The van der Waals surface area contributed by atoms with Crippen molar-refractivity contribution in [3.63, 3.8) is 0 Å². The van der Waals surface area contributed by atoms with Crippen molar-refractivity contribution >= 4 is 0 Å². The molecule has 0 aromatic heterocycles. The molecule has 0 aliphatic carbocycles. The van der Waals surface area contributed by atoms with Gasteiger partial charge in [-0.25, -0.2) is 0 Å². The van der Waals surface area contributed by atoms with Crippen LogP contribution in [0.5, 0.6) is 0 Å². The van der Waals surface area contributed by atoms with Crippen LogP contribution in [0.3, 0.4) is 0 Å². The topological polar surface area (TPSA) is 3.24 Å². The van der Waals surface area contributed by atoms with E-state index in [0.29, 0.717) is 0 Å². The molecule has 1 atom stereocenters. The van der Waals surface area contributed by atoms with Gasteiger partial charge in [0.05, 0.1) is 19.3 Å². The van der Waals surface area contributed by atoms with Gasteiger partial charge in [0.2, 0.25) is 0 Å². The molecular formula is C12H24N2+. The van der Waals surface area contributed by atoms with E-state index in [4.69, 9.17) is 0 Å². The summed E-state index contributed by atoms with van der Waals surface area (Å²) in [6.07, 6.45) is 9.51. The molecule has 1 rings (SSSR count). The second-order valence-electron chi connectivity index (χ2n) is 4.42. The van der Waals surface area contributed by atoms with Gasteiger partial charge in [-0.05, 0) is 19.3 Å². The van der Waals surface area contributed by atoms with Gasteiger partial charge < -0.3 is 4.90 Å². The molecule has 0 saturated carbocycles. The molecule has 1 aliphatic rings. The van der Waals surface area contributed by atoms with Gasteiger partial charge in [0.1, 0.15) is 6.20 Å². The van der Waals surface area contributed by atoms with E-state index in [1.807, 2.05) is 0 Å². The van der Waals surface area contributed by atoms with Crippen molar-refractivity contribution in [2.45, 2.75) is 32.6 Å². The van der Waals surface area contributed by atoms with Gasteiger partial charge in [0.25, 0.3) is 0 Å². The third-order valence-corrected chi connectivity index (χ3v) is 2.95. The Kier molecular flexibility index (Phi) is 4.46. The predicted octanol–water partition coefficient (Wildman–Crippen LogP) is 2.59. The van der Waals surface area contributed by atoms with E-state index in [9.17, 15) is 0 Å². The Morgan fingerprint density at radius 3 is 2.57 bits per heavy atom. The molecule has 2 heteroatoms. The SMILES string of the molecule is [CH2]CCC[N+]1(CCCC)C=CN(C)C1. The van der Waals surface area contributed by atoms with Crippen LogP contribution in [0.25, 0.3) is 0 Å². The Hall–Kier alpha value is -0.500. The molecule has 2 nitrogen and oxygen atoms in total. The molecule has 1 heterocycles. The molecule has 1 radical (unpaired) electrons. The van der Waals surface area contributed by atoms with E-state index in [1.54, 1.807) is 0 Å². The second-order valence-corrected chi connectivity index (χ2v) is 4.42. The summed E-state index contributed by atoms with van der Waals surface area (Å²) >= 11 is 0. The number of nitrogens with zero attached hydrogens (tertiary/aromatic N) is 2. The molecule has 1 aliphatic heterocycles. The largest absolute Gasteiger partial charge is 0.329 e. The minimum atomic E-state index is 1.06. The molecule has 0 aromatic carbocycles. The molecule has 81 valence electrons. The zero-order chi connectivity index (χ0) is 10.4. The quantitative estimate of drug-likeness (QED) is 0.590. The number of rotatable bonds is 6.